The van der Waals surface area contributed by atoms with Gasteiger partial charge >= 0.3 is 5.97 Å². The first kappa shape index (κ1) is 22.2. The molecule has 0 aliphatic heterocycles. The highest BCUT2D eigenvalue weighted by molar-refractivity contribution is 7.90. The van der Waals surface area contributed by atoms with Crippen molar-refractivity contribution >= 4 is 47.4 Å². The molecule has 0 spiro atoms. The summed E-state index contributed by atoms with van der Waals surface area (Å²) in [7, 11) is -7.50. The summed E-state index contributed by atoms with van der Waals surface area (Å²) in [6.07, 6.45) is 1.08. The van der Waals surface area contributed by atoms with Gasteiger partial charge in [-0.3, -0.25) is 4.79 Å². The van der Waals surface area contributed by atoms with Crippen LogP contribution < -0.4 is 4.80 Å². The van der Waals surface area contributed by atoms with Gasteiger partial charge in [-0.2, -0.15) is 8.42 Å². The van der Waals surface area contributed by atoms with Crippen molar-refractivity contribution in [3.63, 3.8) is 0 Å². The lowest BCUT2D eigenvalue weighted by molar-refractivity contribution is -0.143. The number of benzene rings is 2. The Kier molecular flexibility index (Phi) is 6.16. The largest absolute Gasteiger partial charge is 0.465 e. The Morgan fingerprint density at radius 3 is 2.30 bits per heavy atom. The first-order valence-corrected chi connectivity index (χ1v) is 13.0. The van der Waals surface area contributed by atoms with Crippen molar-refractivity contribution in [2.45, 2.75) is 30.2 Å². The van der Waals surface area contributed by atoms with Crippen LogP contribution in [0.15, 0.2) is 56.7 Å². The Balaban J connectivity index is 2.24. The van der Waals surface area contributed by atoms with Crippen LogP contribution in [0.25, 0.3) is 10.2 Å². The Bertz CT molecular complexity index is 1380. The normalized spacial score (nSPS) is 13.0. The molecular formula is C19H20N2O6S3. The van der Waals surface area contributed by atoms with Crippen LogP contribution >= 0.6 is 11.3 Å². The lowest BCUT2D eigenvalue weighted by Crippen LogP contribution is -2.23. The predicted molar refractivity (Wildman–Crippen MR) is 113 cm³/mol. The molecule has 0 N–H and O–H groups in total. The number of sulfone groups is 1. The van der Waals surface area contributed by atoms with E-state index in [1.807, 2.05) is 6.92 Å². The maximum absolute atomic E-state index is 12.8. The second-order valence-electron chi connectivity index (χ2n) is 6.56. The summed E-state index contributed by atoms with van der Waals surface area (Å²) in [5.41, 5.74) is 1.39. The van der Waals surface area contributed by atoms with E-state index in [9.17, 15) is 21.6 Å². The van der Waals surface area contributed by atoms with Gasteiger partial charge < -0.3 is 9.30 Å². The zero-order chi connectivity index (χ0) is 22.1. The van der Waals surface area contributed by atoms with Crippen LogP contribution in [0.5, 0.6) is 0 Å². The van der Waals surface area contributed by atoms with Crippen LogP contribution in [0.2, 0.25) is 0 Å². The third kappa shape index (κ3) is 4.79. The van der Waals surface area contributed by atoms with Crippen LogP contribution in [0.3, 0.4) is 0 Å². The first-order valence-electron chi connectivity index (χ1n) is 8.88. The molecule has 0 amide bonds. The molecule has 0 aliphatic carbocycles. The molecule has 0 saturated heterocycles. The van der Waals surface area contributed by atoms with Crippen molar-refractivity contribution in [3.05, 3.63) is 52.8 Å². The fourth-order valence-corrected chi connectivity index (χ4v) is 5.70. The molecule has 11 heteroatoms. The molecule has 0 radical (unpaired) electrons. The summed E-state index contributed by atoms with van der Waals surface area (Å²) in [6.45, 7) is 3.42. The Morgan fingerprint density at radius 2 is 1.70 bits per heavy atom. The molecule has 1 aromatic heterocycles. The minimum atomic E-state index is -4.04. The number of esters is 1. The lowest BCUT2D eigenvalue weighted by atomic mass is 10.2. The average Bonchev–Trinajstić information content (AvgIpc) is 2.97. The standard InChI is InChI=1S/C19H20N2O6S3/c1-4-27-18(22)12-21-16-10-9-15(29(3,23)24)11-17(16)28-19(21)20-30(25,26)14-7-5-13(2)6-8-14/h5-11H,4,12H2,1-3H3. The summed E-state index contributed by atoms with van der Waals surface area (Å²) in [6, 6.07) is 10.6. The van der Waals surface area contributed by atoms with E-state index in [-0.39, 0.29) is 27.7 Å². The molecule has 3 rings (SSSR count). The van der Waals surface area contributed by atoms with Crippen LogP contribution in [0.1, 0.15) is 12.5 Å². The maximum Gasteiger partial charge on any atom is 0.326 e. The van der Waals surface area contributed by atoms with E-state index < -0.39 is 25.8 Å². The van der Waals surface area contributed by atoms with E-state index >= 15 is 0 Å². The van der Waals surface area contributed by atoms with Crippen molar-refractivity contribution in [2.75, 3.05) is 12.9 Å². The van der Waals surface area contributed by atoms with Crippen LogP contribution in [-0.4, -0.2) is 40.2 Å². The van der Waals surface area contributed by atoms with E-state index in [2.05, 4.69) is 4.40 Å². The number of carbonyl (C=O) groups is 1. The van der Waals surface area contributed by atoms with Gasteiger partial charge in [0.2, 0.25) is 4.80 Å². The minimum absolute atomic E-state index is 0.0186. The highest BCUT2D eigenvalue weighted by Crippen LogP contribution is 2.23. The average molecular weight is 469 g/mol. The first-order chi connectivity index (χ1) is 14.0. The molecule has 0 fully saturated rings. The Labute approximate surface area is 178 Å². The van der Waals surface area contributed by atoms with E-state index in [0.717, 1.165) is 23.2 Å². The quantitative estimate of drug-likeness (QED) is 0.513. The molecule has 0 saturated carbocycles. The van der Waals surface area contributed by atoms with Gasteiger partial charge in [0.15, 0.2) is 9.84 Å². The summed E-state index contributed by atoms with van der Waals surface area (Å²) in [5, 5.41) is 0. The van der Waals surface area contributed by atoms with Crippen LogP contribution in [-0.2, 0) is 35.9 Å². The number of sulfonamides is 1. The molecule has 0 unspecified atom stereocenters. The Hall–Kier alpha value is -2.50. The zero-order valence-corrected chi connectivity index (χ0v) is 19.0. The summed E-state index contributed by atoms with van der Waals surface area (Å²) < 4.78 is 60.2. The van der Waals surface area contributed by atoms with Crippen molar-refractivity contribution in [2.24, 2.45) is 4.40 Å². The molecule has 30 heavy (non-hydrogen) atoms. The number of nitrogens with zero attached hydrogens (tertiary/aromatic N) is 2. The molecule has 160 valence electrons. The number of aromatic nitrogens is 1. The second-order valence-corrected chi connectivity index (χ2v) is 11.2. The third-order valence-corrected chi connectivity index (χ3v) is 7.74. The van der Waals surface area contributed by atoms with Crippen molar-refractivity contribution in [3.8, 4) is 0 Å². The molecule has 2 aromatic carbocycles. The van der Waals surface area contributed by atoms with Crippen molar-refractivity contribution < 1.29 is 26.4 Å². The second kappa shape index (κ2) is 8.32. The number of rotatable bonds is 6. The fraction of sp³-hybridized carbons (Fsp3) is 0.263. The monoisotopic (exact) mass is 468 g/mol. The van der Waals surface area contributed by atoms with Crippen LogP contribution in [0.4, 0.5) is 0 Å². The SMILES string of the molecule is CCOC(=O)Cn1c(=NS(=O)(=O)c2ccc(C)cc2)sc2cc(S(C)(=O)=O)ccc21. The zero-order valence-electron chi connectivity index (χ0n) is 16.5. The minimum Gasteiger partial charge on any atom is -0.465 e. The lowest BCUT2D eigenvalue weighted by Gasteiger charge is -2.06. The van der Waals surface area contributed by atoms with Crippen molar-refractivity contribution in [1.29, 1.82) is 0 Å². The predicted octanol–water partition coefficient (Wildman–Crippen LogP) is 2.27. The molecule has 8 nitrogen and oxygen atoms in total. The number of hydrogen-bond acceptors (Lipinski definition) is 7. The van der Waals surface area contributed by atoms with Gasteiger partial charge in [0.1, 0.15) is 6.54 Å². The van der Waals surface area contributed by atoms with Gasteiger partial charge in [-0.25, -0.2) is 8.42 Å². The number of carbonyl (C=O) groups excluding carboxylic acids is 1. The summed E-state index contributed by atoms with van der Waals surface area (Å²) in [5.74, 6) is -0.557. The van der Waals surface area contributed by atoms with E-state index in [4.69, 9.17) is 4.74 Å². The van der Waals surface area contributed by atoms with Gasteiger partial charge in [-0.15, -0.1) is 4.40 Å². The molecule has 1 heterocycles. The number of aryl methyl sites for hydroxylation is 1. The van der Waals surface area contributed by atoms with E-state index in [1.165, 1.54) is 34.9 Å². The number of ether oxygens (including phenoxy) is 1. The molecule has 0 bridgehead atoms. The van der Waals surface area contributed by atoms with Gasteiger partial charge in [-0.1, -0.05) is 29.0 Å². The number of hydrogen-bond donors (Lipinski definition) is 0. The maximum atomic E-state index is 12.8. The molecule has 3 aromatic rings. The molecular weight excluding hydrogens is 448 g/mol. The highest BCUT2D eigenvalue weighted by atomic mass is 32.2. The fourth-order valence-electron chi connectivity index (χ4n) is 2.71. The van der Waals surface area contributed by atoms with Gasteiger partial charge in [0.05, 0.1) is 26.6 Å². The highest BCUT2D eigenvalue weighted by Gasteiger charge is 2.18. The van der Waals surface area contributed by atoms with E-state index in [1.54, 1.807) is 19.1 Å². The third-order valence-electron chi connectivity index (χ3n) is 4.19. The van der Waals surface area contributed by atoms with Crippen LogP contribution in [0, 0.1) is 6.92 Å². The molecule has 0 aliphatic rings. The summed E-state index contributed by atoms with van der Waals surface area (Å²) in [4.78, 5) is 12.2. The molecule has 0 atom stereocenters. The van der Waals surface area contributed by atoms with Gasteiger partial charge in [0.25, 0.3) is 10.0 Å². The topological polar surface area (TPSA) is 112 Å². The number of thiazole rings is 1. The smallest absolute Gasteiger partial charge is 0.326 e. The van der Waals surface area contributed by atoms with Gasteiger partial charge in [0, 0.05) is 6.26 Å². The number of fused-ring (bicyclic) bond motifs is 1. The van der Waals surface area contributed by atoms with E-state index in [0.29, 0.717) is 10.2 Å². The van der Waals surface area contributed by atoms with Crippen molar-refractivity contribution in [1.82, 2.24) is 4.57 Å². The summed E-state index contributed by atoms with van der Waals surface area (Å²) >= 11 is 0.984. The van der Waals surface area contributed by atoms with Gasteiger partial charge in [-0.05, 0) is 44.2 Å². The Morgan fingerprint density at radius 1 is 1.07 bits per heavy atom.